The number of hydrogen-bond donors (Lipinski definition) is 0. The average Bonchev–Trinajstić information content (AvgIpc) is 2.03. The lowest BCUT2D eigenvalue weighted by atomic mass is 10.1. The minimum atomic E-state index is -2.76. The first-order chi connectivity index (χ1) is 6.04. The molecule has 0 unspecified atom stereocenters. The van der Waals surface area contributed by atoms with Crippen molar-refractivity contribution in [2.75, 3.05) is 0 Å². The van der Waals surface area contributed by atoms with Crippen LogP contribution in [0.3, 0.4) is 0 Å². The Bertz CT molecular complexity index is 314. The van der Waals surface area contributed by atoms with E-state index in [0.29, 0.717) is 10.1 Å². The van der Waals surface area contributed by atoms with Gasteiger partial charge < -0.3 is 0 Å². The highest BCUT2D eigenvalue weighted by atomic mass is 19.3. The predicted octanol–water partition coefficient (Wildman–Crippen LogP) is 2.37. The molecule has 0 aliphatic carbocycles. The van der Waals surface area contributed by atoms with Crippen LogP contribution in [-0.2, 0) is 0 Å². The minimum absolute atomic E-state index is 0.0290. The zero-order valence-corrected chi connectivity index (χ0v) is 7.50. The lowest BCUT2D eigenvalue weighted by molar-refractivity contribution is 0.0659. The van der Waals surface area contributed by atoms with E-state index in [1.54, 1.807) is 19.9 Å². The predicted molar refractivity (Wildman–Crippen MR) is 46.0 cm³/mol. The third-order valence-electron chi connectivity index (χ3n) is 1.84. The second-order valence-electron chi connectivity index (χ2n) is 3.11. The van der Waals surface area contributed by atoms with Crippen molar-refractivity contribution < 1.29 is 8.78 Å². The van der Waals surface area contributed by atoms with E-state index in [0.717, 1.165) is 6.20 Å². The molecule has 0 fully saturated rings. The molecular weight excluding hydrogens is 176 g/mol. The molecule has 0 radical (unpaired) electrons. The maximum absolute atomic E-state index is 12.2. The summed E-state index contributed by atoms with van der Waals surface area (Å²) in [6.07, 6.45) is 1.10. The van der Waals surface area contributed by atoms with Crippen LogP contribution in [0.5, 0.6) is 0 Å². The van der Waals surface area contributed by atoms with Crippen LogP contribution in [0.25, 0.3) is 0 Å². The summed E-state index contributed by atoms with van der Waals surface area (Å²) in [6, 6.07) is 3.04. The number of aromatic nitrogens is 1. The van der Waals surface area contributed by atoms with E-state index in [9.17, 15) is 13.6 Å². The molecule has 0 N–H and O–H groups in total. The van der Waals surface area contributed by atoms with E-state index in [4.69, 9.17) is 0 Å². The molecule has 0 saturated carbocycles. The normalized spacial score (nSPS) is 11.2. The SMILES string of the molecule is CC(C)c1cccn(C(F)F)c1=O. The maximum atomic E-state index is 12.2. The van der Waals surface area contributed by atoms with Gasteiger partial charge >= 0.3 is 6.55 Å². The van der Waals surface area contributed by atoms with Crippen LogP contribution in [-0.4, -0.2) is 4.57 Å². The highest BCUT2D eigenvalue weighted by Crippen LogP contribution is 2.11. The van der Waals surface area contributed by atoms with E-state index < -0.39 is 12.1 Å². The van der Waals surface area contributed by atoms with Crippen LogP contribution in [0.4, 0.5) is 8.78 Å². The Morgan fingerprint density at radius 2 is 2.00 bits per heavy atom. The van der Waals surface area contributed by atoms with Gasteiger partial charge in [0.05, 0.1) is 0 Å². The standard InChI is InChI=1S/C9H11F2NO/c1-6(2)7-4-3-5-12(8(7)13)9(10)11/h3-6,9H,1-2H3. The molecule has 13 heavy (non-hydrogen) atoms. The summed E-state index contributed by atoms with van der Waals surface area (Å²) in [5.74, 6) is -0.0290. The van der Waals surface area contributed by atoms with Gasteiger partial charge in [0, 0.05) is 11.8 Å². The molecule has 0 atom stereocenters. The summed E-state index contributed by atoms with van der Waals surface area (Å²) in [5.41, 5.74) is -0.185. The van der Waals surface area contributed by atoms with Gasteiger partial charge in [-0.05, 0) is 12.0 Å². The molecular formula is C9H11F2NO. The van der Waals surface area contributed by atoms with Crippen molar-refractivity contribution in [2.24, 2.45) is 0 Å². The minimum Gasteiger partial charge on any atom is -0.269 e. The number of rotatable bonds is 2. The highest BCUT2D eigenvalue weighted by Gasteiger charge is 2.11. The Balaban J connectivity index is 3.27. The molecule has 0 saturated heterocycles. The van der Waals surface area contributed by atoms with Gasteiger partial charge in [0.1, 0.15) is 0 Å². The van der Waals surface area contributed by atoms with Gasteiger partial charge in [0.25, 0.3) is 5.56 Å². The first-order valence-electron chi connectivity index (χ1n) is 4.03. The van der Waals surface area contributed by atoms with E-state index in [1.807, 2.05) is 0 Å². The molecule has 1 aromatic heterocycles. The number of nitrogens with zero attached hydrogens (tertiary/aromatic N) is 1. The maximum Gasteiger partial charge on any atom is 0.321 e. The van der Waals surface area contributed by atoms with Gasteiger partial charge in [-0.1, -0.05) is 19.9 Å². The molecule has 0 amide bonds. The third-order valence-corrected chi connectivity index (χ3v) is 1.84. The molecule has 4 heteroatoms. The Hall–Kier alpha value is -1.19. The molecule has 1 aromatic rings. The second-order valence-corrected chi connectivity index (χ2v) is 3.11. The van der Waals surface area contributed by atoms with Gasteiger partial charge in [-0.3, -0.25) is 9.36 Å². The van der Waals surface area contributed by atoms with Gasteiger partial charge in [-0.2, -0.15) is 8.78 Å². The third kappa shape index (κ3) is 1.94. The van der Waals surface area contributed by atoms with Crippen molar-refractivity contribution in [1.29, 1.82) is 0 Å². The number of hydrogen-bond acceptors (Lipinski definition) is 1. The smallest absolute Gasteiger partial charge is 0.269 e. The van der Waals surface area contributed by atoms with Crippen molar-refractivity contribution in [3.05, 3.63) is 34.2 Å². The number of halogens is 2. The van der Waals surface area contributed by atoms with E-state index >= 15 is 0 Å². The molecule has 0 spiro atoms. The van der Waals surface area contributed by atoms with Crippen LogP contribution in [0, 0.1) is 0 Å². The first-order valence-corrected chi connectivity index (χ1v) is 4.03. The van der Waals surface area contributed by atoms with Gasteiger partial charge in [0.2, 0.25) is 0 Å². The monoisotopic (exact) mass is 187 g/mol. The zero-order valence-electron chi connectivity index (χ0n) is 7.50. The topological polar surface area (TPSA) is 22.0 Å². The van der Waals surface area contributed by atoms with Crippen molar-refractivity contribution in [1.82, 2.24) is 4.57 Å². The first kappa shape index (κ1) is 9.89. The van der Waals surface area contributed by atoms with Crippen molar-refractivity contribution in [3.63, 3.8) is 0 Å². The summed E-state index contributed by atoms with van der Waals surface area (Å²) in [7, 11) is 0. The summed E-state index contributed by atoms with van der Waals surface area (Å²) >= 11 is 0. The molecule has 1 heterocycles. The van der Waals surface area contributed by atoms with Gasteiger partial charge in [-0.25, -0.2) is 0 Å². The fourth-order valence-corrected chi connectivity index (χ4v) is 1.12. The molecule has 1 rings (SSSR count). The van der Waals surface area contributed by atoms with Crippen LogP contribution in [0.2, 0.25) is 0 Å². The van der Waals surface area contributed by atoms with Crippen molar-refractivity contribution in [2.45, 2.75) is 26.3 Å². The van der Waals surface area contributed by atoms with E-state index in [1.165, 1.54) is 6.07 Å². The van der Waals surface area contributed by atoms with Crippen molar-refractivity contribution in [3.8, 4) is 0 Å². The fraction of sp³-hybridized carbons (Fsp3) is 0.444. The van der Waals surface area contributed by atoms with Gasteiger partial charge in [0.15, 0.2) is 0 Å². The lowest BCUT2D eigenvalue weighted by Crippen LogP contribution is -2.24. The molecule has 0 aliphatic heterocycles. The van der Waals surface area contributed by atoms with Gasteiger partial charge in [-0.15, -0.1) is 0 Å². The van der Waals surface area contributed by atoms with Crippen molar-refractivity contribution >= 4 is 0 Å². The molecule has 2 nitrogen and oxygen atoms in total. The summed E-state index contributed by atoms with van der Waals surface area (Å²) in [4.78, 5) is 11.3. The molecule has 0 aliphatic rings. The largest absolute Gasteiger partial charge is 0.321 e. The average molecular weight is 187 g/mol. The number of alkyl halides is 2. The Morgan fingerprint density at radius 1 is 1.38 bits per heavy atom. The molecule has 72 valence electrons. The van der Waals surface area contributed by atoms with Crippen LogP contribution >= 0.6 is 0 Å². The summed E-state index contributed by atoms with van der Waals surface area (Å²) in [5, 5.41) is 0. The Morgan fingerprint density at radius 3 is 2.46 bits per heavy atom. The highest BCUT2D eigenvalue weighted by molar-refractivity contribution is 5.14. The Labute approximate surface area is 74.8 Å². The quantitative estimate of drug-likeness (QED) is 0.696. The summed E-state index contributed by atoms with van der Waals surface area (Å²) in [6.45, 7) is 0.838. The summed E-state index contributed by atoms with van der Waals surface area (Å²) < 4.78 is 24.9. The van der Waals surface area contributed by atoms with E-state index in [-0.39, 0.29) is 5.92 Å². The zero-order chi connectivity index (χ0) is 10.0. The lowest BCUT2D eigenvalue weighted by Gasteiger charge is -2.08. The van der Waals surface area contributed by atoms with E-state index in [2.05, 4.69) is 0 Å². The number of pyridine rings is 1. The van der Waals surface area contributed by atoms with Crippen LogP contribution in [0.1, 0.15) is 31.9 Å². The second kappa shape index (κ2) is 3.68. The molecule has 0 bridgehead atoms. The Kier molecular flexibility index (Phi) is 2.80. The van der Waals surface area contributed by atoms with Crippen LogP contribution < -0.4 is 5.56 Å². The van der Waals surface area contributed by atoms with Crippen LogP contribution in [0.15, 0.2) is 23.1 Å². The molecule has 0 aromatic carbocycles. The fourth-order valence-electron chi connectivity index (χ4n) is 1.12.